The molecule has 0 spiro atoms. The zero-order valence-corrected chi connectivity index (χ0v) is 11.3. The van der Waals surface area contributed by atoms with Gasteiger partial charge in [-0.3, -0.25) is 9.69 Å². The molecular formula is C11H20N6O2. The molecule has 0 amide bonds. The maximum absolute atomic E-state index is 11.5. The molecule has 0 unspecified atom stereocenters. The molecule has 8 heteroatoms. The summed E-state index contributed by atoms with van der Waals surface area (Å²) in [7, 11) is 0. The van der Waals surface area contributed by atoms with Gasteiger partial charge in [0.25, 0.3) is 0 Å². The van der Waals surface area contributed by atoms with Crippen LogP contribution in [0.1, 0.15) is 26.1 Å². The number of hydrogen-bond acceptors (Lipinski definition) is 8. The number of nitrogen functional groups attached to an aromatic ring is 2. The molecule has 8 nitrogen and oxygen atoms in total. The molecule has 106 valence electrons. The van der Waals surface area contributed by atoms with E-state index in [9.17, 15) is 4.79 Å². The Kier molecular flexibility index (Phi) is 5.94. The van der Waals surface area contributed by atoms with Crippen LogP contribution in [0.25, 0.3) is 0 Å². The molecule has 19 heavy (non-hydrogen) atoms. The van der Waals surface area contributed by atoms with E-state index in [0.717, 1.165) is 13.0 Å². The number of carbonyl (C=O) groups excluding carboxylic acids is 1. The molecule has 1 heterocycles. The highest BCUT2D eigenvalue weighted by Gasteiger charge is 2.13. The molecule has 0 aliphatic rings. The van der Waals surface area contributed by atoms with E-state index in [1.807, 2.05) is 11.8 Å². The monoisotopic (exact) mass is 268 g/mol. The van der Waals surface area contributed by atoms with Crippen molar-refractivity contribution in [1.82, 2.24) is 19.9 Å². The van der Waals surface area contributed by atoms with E-state index >= 15 is 0 Å². The lowest BCUT2D eigenvalue weighted by atomic mass is 10.4. The summed E-state index contributed by atoms with van der Waals surface area (Å²) in [6.07, 6.45) is 0.898. The summed E-state index contributed by atoms with van der Waals surface area (Å²) in [5, 5.41) is 0. The van der Waals surface area contributed by atoms with Gasteiger partial charge in [0.15, 0.2) is 0 Å². The number of aromatic nitrogens is 3. The summed E-state index contributed by atoms with van der Waals surface area (Å²) < 4.78 is 4.92. The molecule has 0 fully saturated rings. The third-order valence-corrected chi connectivity index (χ3v) is 2.28. The largest absolute Gasteiger partial charge is 0.465 e. The van der Waals surface area contributed by atoms with E-state index in [0.29, 0.717) is 19.0 Å². The zero-order chi connectivity index (χ0) is 14.3. The van der Waals surface area contributed by atoms with Crippen LogP contribution in [-0.4, -0.2) is 45.5 Å². The van der Waals surface area contributed by atoms with E-state index in [1.165, 1.54) is 0 Å². The second kappa shape index (κ2) is 7.47. The van der Waals surface area contributed by atoms with Crippen LogP contribution in [0.4, 0.5) is 11.9 Å². The lowest BCUT2D eigenvalue weighted by Crippen LogP contribution is -2.32. The first-order chi connectivity index (χ1) is 9.05. The SMILES string of the molecule is CCCN(CC(=O)OCC)Cc1nc(N)nc(N)n1. The molecule has 0 saturated carbocycles. The summed E-state index contributed by atoms with van der Waals surface area (Å²) in [4.78, 5) is 25.1. The highest BCUT2D eigenvalue weighted by atomic mass is 16.5. The smallest absolute Gasteiger partial charge is 0.320 e. The van der Waals surface area contributed by atoms with Gasteiger partial charge in [0.2, 0.25) is 11.9 Å². The molecule has 0 saturated heterocycles. The first-order valence-electron chi connectivity index (χ1n) is 6.19. The summed E-state index contributed by atoms with van der Waals surface area (Å²) in [6.45, 7) is 5.45. The maximum Gasteiger partial charge on any atom is 0.320 e. The van der Waals surface area contributed by atoms with Crippen molar-refractivity contribution in [3.05, 3.63) is 5.82 Å². The van der Waals surface area contributed by atoms with Crippen molar-refractivity contribution in [2.45, 2.75) is 26.8 Å². The summed E-state index contributed by atoms with van der Waals surface area (Å²) in [6, 6.07) is 0. The number of hydrogen-bond donors (Lipinski definition) is 2. The predicted octanol–water partition coefficient (Wildman–Crippen LogP) is -0.189. The van der Waals surface area contributed by atoms with Gasteiger partial charge in [0.05, 0.1) is 19.7 Å². The molecule has 1 aromatic rings. The molecule has 0 radical (unpaired) electrons. The lowest BCUT2D eigenvalue weighted by molar-refractivity contribution is -0.144. The van der Waals surface area contributed by atoms with Gasteiger partial charge in [0, 0.05) is 0 Å². The van der Waals surface area contributed by atoms with Crippen molar-refractivity contribution in [3.63, 3.8) is 0 Å². The minimum Gasteiger partial charge on any atom is -0.465 e. The van der Waals surface area contributed by atoms with Crippen LogP contribution >= 0.6 is 0 Å². The van der Waals surface area contributed by atoms with Crippen LogP contribution in [0.2, 0.25) is 0 Å². The Hall–Kier alpha value is -1.96. The second-order valence-corrected chi connectivity index (χ2v) is 3.98. The minimum absolute atomic E-state index is 0.0788. The second-order valence-electron chi connectivity index (χ2n) is 3.98. The van der Waals surface area contributed by atoms with E-state index in [1.54, 1.807) is 6.92 Å². The van der Waals surface area contributed by atoms with Crippen LogP contribution in [0, 0.1) is 0 Å². The average molecular weight is 268 g/mol. The number of carbonyl (C=O) groups is 1. The van der Waals surface area contributed by atoms with Crippen molar-refractivity contribution in [1.29, 1.82) is 0 Å². The number of nitrogens with two attached hydrogens (primary N) is 2. The van der Waals surface area contributed by atoms with E-state index < -0.39 is 0 Å². The Morgan fingerprint density at radius 1 is 1.21 bits per heavy atom. The molecule has 1 rings (SSSR count). The molecule has 0 atom stereocenters. The third kappa shape index (κ3) is 5.47. The van der Waals surface area contributed by atoms with Crippen LogP contribution in [0.15, 0.2) is 0 Å². The fraction of sp³-hybridized carbons (Fsp3) is 0.636. The minimum atomic E-state index is -0.272. The molecule has 0 bridgehead atoms. The number of ether oxygens (including phenoxy) is 1. The Labute approximate surface area is 112 Å². The Morgan fingerprint density at radius 3 is 2.37 bits per heavy atom. The Balaban J connectivity index is 2.68. The van der Waals surface area contributed by atoms with E-state index in [2.05, 4.69) is 15.0 Å². The van der Waals surface area contributed by atoms with Crippen LogP contribution in [-0.2, 0) is 16.1 Å². The Morgan fingerprint density at radius 2 is 1.84 bits per heavy atom. The van der Waals surface area contributed by atoms with Crippen LogP contribution in [0.5, 0.6) is 0 Å². The van der Waals surface area contributed by atoms with Gasteiger partial charge in [-0.05, 0) is 19.9 Å². The molecule has 0 aliphatic heterocycles. The first kappa shape index (κ1) is 15.1. The molecular weight excluding hydrogens is 248 g/mol. The number of anilines is 2. The fourth-order valence-electron chi connectivity index (χ4n) is 1.65. The summed E-state index contributed by atoms with van der Waals surface area (Å²) in [5.41, 5.74) is 11.0. The summed E-state index contributed by atoms with van der Waals surface area (Å²) >= 11 is 0. The lowest BCUT2D eigenvalue weighted by Gasteiger charge is -2.19. The van der Waals surface area contributed by atoms with Crippen LogP contribution < -0.4 is 11.5 Å². The number of rotatable bonds is 7. The van der Waals surface area contributed by atoms with Gasteiger partial charge in [-0.1, -0.05) is 6.92 Å². The molecule has 1 aromatic heterocycles. The van der Waals surface area contributed by atoms with Crippen LogP contribution in [0.3, 0.4) is 0 Å². The normalized spacial score (nSPS) is 10.7. The van der Waals surface area contributed by atoms with Crippen molar-refractivity contribution in [2.24, 2.45) is 0 Å². The summed E-state index contributed by atoms with van der Waals surface area (Å²) in [5.74, 6) is 0.332. The van der Waals surface area contributed by atoms with Gasteiger partial charge >= 0.3 is 5.97 Å². The van der Waals surface area contributed by atoms with Gasteiger partial charge in [0.1, 0.15) is 5.82 Å². The quantitative estimate of drug-likeness (QED) is 0.653. The standard InChI is InChI=1S/C11H20N6O2/c1-3-5-17(7-9(18)19-4-2)6-8-14-10(12)16-11(13)15-8/h3-7H2,1-2H3,(H4,12,13,14,15,16). The number of nitrogens with zero attached hydrogens (tertiary/aromatic N) is 4. The average Bonchev–Trinajstić information content (AvgIpc) is 2.27. The topological polar surface area (TPSA) is 120 Å². The first-order valence-corrected chi connectivity index (χ1v) is 6.19. The van der Waals surface area contributed by atoms with Gasteiger partial charge in [-0.15, -0.1) is 0 Å². The Bertz CT molecular complexity index is 405. The molecule has 0 aromatic carbocycles. The highest BCUT2D eigenvalue weighted by Crippen LogP contribution is 2.04. The van der Waals surface area contributed by atoms with Crippen molar-refractivity contribution < 1.29 is 9.53 Å². The van der Waals surface area contributed by atoms with Crippen molar-refractivity contribution >= 4 is 17.9 Å². The fourth-order valence-corrected chi connectivity index (χ4v) is 1.65. The number of esters is 1. The highest BCUT2D eigenvalue weighted by molar-refractivity contribution is 5.71. The van der Waals surface area contributed by atoms with Crippen molar-refractivity contribution in [3.8, 4) is 0 Å². The maximum atomic E-state index is 11.5. The van der Waals surface area contributed by atoms with Gasteiger partial charge in [-0.2, -0.15) is 15.0 Å². The zero-order valence-electron chi connectivity index (χ0n) is 11.3. The predicted molar refractivity (Wildman–Crippen MR) is 70.9 cm³/mol. The van der Waals surface area contributed by atoms with E-state index in [-0.39, 0.29) is 24.4 Å². The third-order valence-electron chi connectivity index (χ3n) is 2.28. The van der Waals surface area contributed by atoms with E-state index in [4.69, 9.17) is 16.2 Å². The van der Waals surface area contributed by atoms with Gasteiger partial charge < -0.3 is 16.2 Å². The van der Waals surface area contributed by atoms with Gasteiger partial charge in [-0.25, -0.2) is 0 Å². The molecule has 0 aliphatic carbocycles. The molecule has 4 N–H and O–H groups in total. The van der Waals surface area contributed by atoms with Crippen molar-refractivity contribution in [2.75, 3.05) is 31.2 Å².